The van der Waals surface area contributed by atoms with E-state index in [2.05, 4.69) is 4.98 Å². The fourth-order valence-electron chi connectivity index (χ4n) is 2.13. The summed E-state index contributed by atoms with van der Waals surface area (Å²) in [5.74, 6) is 0.687. The largest absolute Gasteiger partial charge is 0.337 e. The van der Waals surface area contributed by atoms with Crippen molar-refractivity contribution >= 4 is 22.4 Å². The lowest BCUT2D eigenvalue weighted by molar-refractivity contribution is 0.391. The Morgan fingerprint density at radius 3 is 2.72 bits per heavy atom. The molecule has 1 aliphatic heterocycles. The molecule has 0 aliphatic carbocycles. The summed E-state index contributed by atoms with van der Waals surface area (Å²) in [4.78, 5) is 4.09. The second kappa shape index (κ2) is 5.56. The number of nitrogens with two attached hydrogens (primary N) is 1. The maximum Gasteiger partial charge on any atom is 0.262 e. The molecular formula is C10H19ClN4O2S. The summed E-state index contributed by atoms with van der Waals surface area (Å²) in [6.07, 6.45) is 3.25. The van der Waals surface area contributed by atoms with Gasteiger partial charge in [-0.25, -0.2) is 13.4 Å². The van der Waals surface area contributed by atoms with E-state index in [9.17, 15) is 8.42 Å². The van der Waals surface area contributed by atoms with E-state index in [1.54, 1.807) is 24.7 Å². The van der Waals surface area contributed by atoms with Gasteiger partial charge in [-0.1, -0.05) is 0 Å². The number of aromatic nitrogens is 2. The third-order valence-corrected chi connectivity index (χ3v) is 5.08. The summed E-state index contributed by atoms with van der Waals surface area (Å²) < 4.78 is 27.9. The lowest BCUT2D eigenvalue weighted by atomic mass is 10.2. The zero-order valence-electron chi connectivity index (χ0n) is 10.5. The molecule has 2 N–H and O–H groups in total. The minimum absolute atomic E-state index is 0. The first-order valence-electron chi connectivity index (χ1n) is 5.68. The Bertz CT molecular complexity index is 494. The van der Waals surface area contributed by atoms with Crippen LogP contribution in [0.15, 0.2) is 11.2 Å². The summed E-state index contributed by atoms with van der Waals surface area (Å²) in [7, 11) is -1.70. The average Bonchev–Trinajstić information content (AvgIpc) is 2.86. The molecule has 18 heavy (non-hydrogen) atoms. The van der Waals surface area contributed by atoms with Gasteiger partial charge in [-0.3, -0.25) is 0 Å². The summed E-state index contributed by atoms with van der Waals surface area (Å²) >= 11 is 0. The van der Waals surface area contributed by atoms with E-state index >= 15 is 0 Å². The third-order valence-electron chi connectivity index (χ3n) is 3.25. The van der Waals surface area contributed by atoms with Crippen LogP contribution in [0, 0.1) is 6.92 Å². The highest BCUT2D eigenvalue weighted by atomic mass is 35.5. The molecule has 1 aliphatic rings. The lowest BCUT2D eigenvalue weighted by Crippen LogP contribution is -2.40. The number of nitrogens with zero attached hydrogens (tertiary/aromatic N) is 3. The maximum absolute atomic E-state index is 12.4. The van der Waals surface area contributed by atoms with Gasteiger partial charge in [0.1, 0.15) is 5.82 Å². The van der Waals surface area contributed by atoms with Crippen LogP contribution in [0.1, 0.15) is 18.7 Å². The molecule has 1 aromatic heterocycles. The van der Waals surface area contributed by atoms with Crippen molar-refractivity contribution in [3.05, 3.63) is 12.0 Å². The summed E-state index contributed by atoms with van der Waals surface area (Å²) in [6.45, 7) is 2.69. The Labute approximate surface area is 114 Å². The summed E-state index contributed by atoms with van der Waals surface area (Å²) in [6, 6.07) is -0.0812. The van der Waals surface area contributed by atoms with E-state index in [4.69, 9.17) is 5.73 Å². The topological polar surface area (TPSA) is 81.2 Å². The van der Waals surface area contributed by atoms with Crippen LogP contribution in [0.25, 0.3) is 0 Å². The first-order valence-corrected chi connectivity index (χ1v) is 7.12. The molecule has 0 spiro atoms. The fourth-order valence-corrected chi connectivity index (χ4v) is 3.86. The van der Waals surface area contributed by atoms with Gasteiger partial charge in [0.2, 0.25) is 0 Å². The van der Waals surface area contributed by atoms with Crippen molar-refractivity contribution in [3.8, 4) is 0 Å². The lowest BCUT2D eigenvalue weighted by Gasteiger charge is -2.21. The van der Waals surface area contributed by atoms with Crippen LogP contribution in [-0.4, -0.2) is 41.4 Å². The van der Waals surface area contributed by atoms with Gasteiger partial charge in [-0.05, 0) is 19.8 Å². The molecule has 0 saturated carbocycles. The Kier molecular flexibility index (Phi) is 4.77. The summed E-state index contributed by atoms with van der Waals surface area (Å²) in [5.41, 5.74) is 5.60. The Morgan fingerprint density at radius 1 is 1.56 bits per heavy atom. The molecule has 0 bridgehead atoms. The van der Waals surface area contributed by atoms with Gasteiger partial charge in [0.25, 0.3) is 10.0 Å². The quantitative estimate of drug-likeness (QED) is 0.867. The highest BCUT2D eigenvalue weighted by Crippen LogP contribution is 2.24. The van der Waals surface area contributed by atoms with Crippen LogP contribution in [0.2, 0.25) is 0 Å². The molecule has 1 unspecified atom stereocenters. The minimum Gasteiger partial charge on any atom is -0.337 e. The SMILES string of the molecule is Cc1nc(S(=O)(=O)N2CCCC2CN)cn1C.Cl. The minimum atomic E-state index is -3.48. The number of halogens is 1. The zero-order valence-corrected chi connectivity index (χ0v) is 12.2. The smallest absolute Gasteiger partial charge is 0.262 e. The van der Waals surface area contributed by atoms with Crippen molar-refractivity contribution in [1.82, 2.24) is 13.9 Å². The molecule has 1 fully saturated rings. The van der Waals surface area contributed by atoms with Crippen LogP contribution in [0.3, 0.4) is 0 Å². The standard InChI is InChI=1S/C10H18N4O2S.ClH/c1-8-12-10(7-13(8)2)17(15,16)14-5-3-4-9(14)6-11;/h7,9H,3-6,11H2,1-2H3;1H. The average molecular weight is 295 g/mol. The normalized spacial score (nSPS) is 20.9. The Morgan fingerprint density at radius 2 is 2.22 bits per heavy atom. The predicted octanol–water partition coefficient (Wildman–Crippen LogP) is 0.262. The number of aryl methyl sites for hydroxylation is 2. The third kappa shape index (κ3) is 2.54. The van der Waals surface area contributed by atoms with Crippen molar-refractivity contribution < 1.29 is 8.42 Å². The second-order valence-electron chi connectivity index (χ2n) is 4.38. The molecule has 2 heterocycles. The van der Waals surface area contributed by atoms with Gasteiger partial charge < -0.3 is 10.3 Å². The molecule has 1 saturated heterocycles. The fraction of sp³-hybridized carbons (Fsp3) is 0.700. The van der Waals surface area contributed by atoms with Gasteiger partial charge in [-0.15, -0.1) is 12.4 Å². The molecule has 1 aromatic rings. The molecule has 8 heteroatoms. The van der Waals surface area contributed by atoms with Gasteiger partial charge >= 0.3 is 0 Å². The highest BCUT2D eigenvalue weighted by molar-refractivity contribution is 7.89. The molecule has 0 amide bonds. The first-order chi connectivity index (χ1) is 7.96. The Hall–Kier alpha value is -0.630. The van der Waals surface area contributed by atoms with Crippen molar-refractivity contribution in [2.24, 2.45) is 12.8 Å². The van der Waals surface area contributed by atoms with Crippen LogP contribution >= 0.6 is 12.4 Å². The van der Waals surface area contributed by atoms with E-state index in [0.717, 1.165) is 12.8 Å². The van der Waals surface area contributed by atoms with E-state index in [1.165, 1.54) is 4.31 Å². The monoisotopic (exact) mass is 294 g/mol. The molecule has 6 nitrogen and oxygen atoms in total. The molecule has 104 valence electrons. The van der Waals surface area contributed by atoms with Crippen LogP contribution in [0.5, 0.6) is 0 Å². The number of imidazole rings is 1. The molecule has 1 atom stereocenters. The van der Waals surface area contributed by atoms with Gasteiger partial charge in [0.15, 0.2) is 5.03 Å². The molecule has 0 aromatic carbocycles. The predicted molar refractivity (Wildman–Crippen MR) is 71.2 cm³/mol. The second-order valence-corrected chi connectivity index (χ2v) is 6.22. The first kappa shape index (κ1) is 15.4. The van der Waals surface area contributed by atoms with E-state index < -0.39 is 10.0 Å². The van der Waals surface area contributed by atoms with Crippen LogP contribution in [-0.2, 0) is 17.1 Å². The number of hydrogen-bond acceptors (Lipinski definition) is 4. The summed E-state index contributed by atoms with van der Waals surface area (Å²) in [5, 5.41) is 0.123. The zero-order chi connectivity index (χ0) is 12.6. The van der Waals surface area contributed by atoms with Gasteiger partial charge in [0.05, 0.1) is 0 Å². The van der Waals surface area contributed by atoms with Crippen molar-refractivity contribution in [3.63, 3.8) is 0 Å². The van der Waals surface area contributed by atoms with E-state index in [0.29, 0.717) is 18.9 Å². The molecule has 2 rings (SSSR count). The van der Waals surface area contributed by atoms with E-state index in [-0.39, 0.29) is 23.5 Å². The number of hydrogen-bond donors (Lipinski definition) is 1. The van der Waals surface area contributed by atoms with Crippen molar-refractivity contribution in [1.29, 1.82) is 0 Å². The van der Waals surface area contributed by atoms with Crippen LogP contribution < -0.4 is 5.73 Å². The van der Waals surface area contributed by atoms with Crippen molar-refractivity contribution in [2.75, 3.05) is 13.1 Å². The number of rotatable bonds is 3. The maximum atomic E-state index is 12.4. The van der Waals surface area contributed by atoms with Crippen molar-refractivity contribution in [2.45, 2.75) is 30.8 Å². The highest BCUT2D eigenvalue weighted by Gasteiger charge is 2.35. The number of sulfonamides is 1. The van der Waals surface area contributed by atoms with E-state index in [1.807, 2.05) is 0 Å². The molecular weight excluding hydrogens is 276 g/mol. The Balaban J connectivity index is 0.00000162. The molecule has 0 radical (unpaired) electrons. The van der Waals surface area contributed by atoms with Gasteiger partial charge in [-0.2, -0.15) is 4.31 Å². The van der Waals surface area contributed by atoms with Gasteiger partial charge in [0, 0.05) is 32.4 Å². The van der Waals surface area contributed by atoms with Crippen LogP contribution in [0.4, 0.5) is 0 Å².